The summed E-state index contributed by atoms with van der Waals surface area (Å²) in [5, 5.41) is 3.86. The Balaban J connectivity index is 2.20. The van der Waals surface area contributed by atoms with Crippen LogP contribution in [0, 0.1) is 13.8 Å². The second kappa shape index (κ2) is 5.32. The number of pyridine rings is 1. The van der Waals surface area contributed by atoms with E-state index in [9.17, 15) is 9.59 Å². The van der Waals surface area contributed by atoms with Gasteiger partial charge in [-0.25, -0.2) is 0 Å². The van der Waals surface area contributed by atoms with Gasteiger partial charge in [-0.3, -0.25) is 9.59 Å². The number of carbonyl (C=O) groups is 1. The molecule has 6 heteroatoms. The molecule has 0 aliphatic rings. The molecule has 20 heavy (non-hydrogen) atoms. The van der Waals surface area contributed by atoms with Crippen LogP contribution in [0.5, 0.6) is 0 Å². The Labute approximate surface area is 116 Å². The highest BCUT2D eigenvalue weighted by molar-refractivity contribution is 5.93. The van der Waals surface area contributed by atoms with Crippen LogP contribution in [0.1, 0.15) is 27.4 Å². The molecule has 2 rings (SSSR count). The monoisotopic (exact) mass is 275 g/mol. The molecule has 0 aromatic carbocycles. The van der Waals surface area contributed by atoms with Gasteiger partial charge in [-0.15, -0.1) is 0 Å². The van der Waals surface area contributed by atoms with Crippen molar-refractivity contribution < 1.29 is 9.32 Å². The van der Waals surface area contributed by atoms with E-state index in [1.165, 1.54) is 10.6 Å². The topological polar surface area (TPSA) is 68.3 Å². The molecular formula is C14H17N3O3. The van der Waals surface area contributed by atoms with E-state index in [2.05, 4.69) is 5.16 Å². The number of hydrogen-bond acceptors (Lipinski definition) is 4. The fourth-order valence-corrected chi connectivity index (χ4v) is 1.94. The quantitative estimate of drug-likeness (QED) is 0.845. The molecule has 106 valence electrons. The van der Waals surface area contributed by atoms with Gasteiger partial charge in [0.15, 0.2) is 0 Å². The first kappa shape index (κ1) is 14.0. The van der Waals surface area contributed by atoms with Gasteiger partial charge in [0.25, 0.3) is 11.5 Å². The summed E-state index contributed by atoms with van der Waals surface area (Å²) in [6.45, 7) is 4.05. The average Bonchev–Trinajstić information content (AvgIpc) is 2.72. The predicted octanol–water partition coefficient (Wildman–Crippen LogP) is 1.26. The summed E-state index contributed by atoms with van der Waals surface area (Å²) in [4.78, 5) is 25.4. The van der Waals surface area contributed by atoms with Gasteiger partial charge < -0.3 is 14.0 Å². The Morgan fingerprint density at radius 1 is 1.45 bits per heavy atom. The van der Waals surface area contributed by atoms with Crippen molar-refractivity contribution in [1.29, 1.82) is 0 Å². The van der Waals surface area contributed by atoms with Crippen molar-refractivity contribution in [2.24, 2.45) is 7.05 Å². The number of aromatic nitrogens is 2. The summed E-state index contributed by atoms with van der Waals surface area (Å²) in [5.74, 6) is 0.494. The highest BCUT2D eigenvalue weighted by atomic mass is 16.5. The Hall–Kier alpha value is -2.37. The summed E-state index contributed by atoms with van der Waals surface area (Å²) < 4.78 is 6.50. The third-order valence-electron chi connectivity index (χ3n) is 3.27. The van der Waals surface area contributed by atoms with Crippen LogP contribution in [0.3, 0.4) is 0 Å². The summed E-state index contributed by atoms with van der Waals surface area (Å²) >= 11 is 0. The third kappa shape index (κ3) is 2.64. The van der Waals surface area contributed by atoms with Crippen LogP contribution in [0.25, 0.3) is 0 Å². The Kier molecular flexibility index (Phi) is 3.74. The van der Waals surface area contributed by atoms with Crippen molar-refractivity contribution in [3.05, 3.63) is 51.3 Å². The predicted molar refractivity (Wildman–Crippen MR) is 73.5 cm³/mol. The Bertz CT molecular complexity index is 680. The molecule has 1 amide bonds. The van der Waals surface area contributed by atoms with Gasteiger partial charge >= 0.3 is 0 Å². The smallest absolute Gasteiger partial charge is 0.254 e. The molecule has 0 aliphatic heterocycles. The van der Waals surface area contributed by atoms with Gasteiger partial charge in [-0.1, -0.05) is 5.16 Å². The Morgan fingerprint density at radius 2 is 2.15 bits per heavy atom. The summed E-state index contributed by atoms with van der Waals surface area (Å²) in [5.41, 5.74) is 1.83. The largest absolute Gasteiger partial charge is 0.361 e. The minimum absolute atomic E-state index is 0.206. The van der Waals surface area contributed by atoms with E-state index in [0.29, 0.717) is 17.9 Å². The molecule has 0 atom stereocenters. The van der Waals surface area contributed by atoms with Crippen molar-refractivity contribution in [2.45, 2.75) is 20.4 Å². The number of rotatable bonds is 3. The summed E-state index contributed by atoms with van der Waals surface area (Å²) in [6, 6.07) is 2.97. The van der Waals surface area contributed by atoms with E-state index in [1.54, 1.807) is 31.3 Å². The number of hydrogen-bond donors (Lipinski definition) is 0. The third-order valence-corrected chi connectivity index (χ3v) is 3.27. The van der Waals surface area contributed by atoms with Gasteiger partial charge in [0, 0.05) is 37.5 Å². The van der Waals surface area contributed by atoms with E-state index in [0.717, 1.165) is 11.3 Å². The lowest BCUT2D eigenvalue weighted by Crippen LogP contribution is -2.28. The van der Waals surface area contributed by atoms with E-state index in [4.69, 9.17) is 4.52 Å². The number of nitrogens with zero attached hydrogens (tertiary/aromatic N) is 3. The molecule has 0 radical (unpaired) electrons. The number of aryl methyl sites for hydroxylation is 3. The highest BCUT2D eigenvalue weighted by Gasteiger charge is 2.17. The molecule has 2 heterocycles. The maximum Gasteiger partial charge on any atom is 0.254 e. The van der Waals surface area contributed by atoms with E-state index < -0.39 is 0 Å². The van der Waals surface area contributed by atoms with Crippen molar-refractivity contribution in [3.8, 4) is 0 Å². The summed E-state index contributed by atoms with van der Waals surface area (Å²) in [7, 11) is 3.33. The zero-order chi connectivity index (χ0) is 14.9. The number of amides is 1. The second-order valence-corrected chi connectivity index (χ2v) is 4.83. The zero-order valence-corrected chi connectivity index (χ0v) is 12.0. The first-order chi connectivity index (χ1) is 9.40. The van der Waals surface area contributed by atoms with Gasteiger partial charge in [-0.2, -0.15) is 0 Å². The molecule has 0 unspecified atom stereocenters. The zero-order valence-electron chi connectivity index (χ0n) is 12.0. The SMILES string of the molecule is Cc1noc(C)c1CN(C)C(=O)c1ccn(C)c(=O)c1. The molecule has 6 nitrogen and oxygen atoms in total. The fraction of sp³-hybridized carbons (Fsp3) is 0.357. The van der Waals surface area contributed by atoms with Gasteiger partial charge in [0.1, 0.15) is 5.76 Å². The minimum atomic E-state index is -0.207. The van der Waals surface area contributed by atoms with Crippen molar-refractivity contribution in [2.75, 3.05) is 7.05 Å². The van der Waals surface area contributed by atoms with Gasteiger partial charge in [0.05, 0.1) is 12.2 Å². The first-order valence-electron chi connectivity index (χ1n) is 6.24. The van der Waals surface area contributed by atoms with E-state index >= 15 is 0 Å². The lowest BCUT2D eigenvalue weighted by atomic mass is 10.1. The Morgan fingerprint density at radius 3 is 2.70 bits per heavy atom. The van der Waals surface area contributed by atoms with E-state index in [-0.39, 0.29) is 11.5 Å². The molecular weight excluding hydrogens is 258 g/mol. The standard InChI is InChI=1S/C14H17N3O3/c1-9-12(10(2)20-15-9)8-17(4)14(19)11-5-6-16(3)13(18)7-11/h5-7H,8H2,1-4H3. The van der Waals surface area contributed by atoms with Gasteiger partial charge in [-0.05, 0) is 19.9 Å². The molecule has 2 aromatic rings. The van der Waals surface area contributed by atoms with Crippen LogP contribution in [0.4, 0.5) is 0 Å². The maximum atomic E-state index is 12.3. The van der Waals surface area contributed by atoms with Crippen molar-refractivity contribution >= 4 is 5.91 Å². The second-order valence-electron chi connectivity index (χ2n) is 4.83. The molecule has 0 bridgehead atoms. The molecule has 0 N–H and O–H groups in total. The lowest BCUT2D eigenvalue weighted by molar-refractivity contribution is 0.0784. The van der Waals surface area contributed by atoms with Gasteiger partial charge in [0.2, 0.25) is 0 Å². The molecule has 0 saturated carbocycles. The molecule has 0 spiro atoms. The van der Waals surface area contributed by atoms with Crippen molar-refractivity contribution in [1.82, 2.24) is 14.6 Å². The average molecular weight is 275 g/mol. The van der Waals surface area contributed by atoms with Crippen LogP contribution in [-0.2, 0) is 13.6 Å². The normalized spacial score (nSPS) is 10.6. The minimum Gasteiger partial charge on any atom is -0.361 e. The number of carbonyl (C=O) groups excluding carboxylic acids is 1. The first-order valence-corrected chi connectivity index (χ1v) is 6.24. The van der Waals surface area contributed by atoms with Crippen LogP contribution in [0.15, 0.2) is 27.6 Å². The summed E-state index contributed by atoms with van der Waals surface area (Å²) in [6.07, 6.45) is 1.58. The maximum absolute atomic E-state index is 12.3. The van der Waals surface area contributed by atoms with E-state index in [1.807, 2.05) is 13.8 Å². The molecule has 2 aromatic heterocycles. The molecule has 0 fully saturated rings. The van der Waals surface area contributed by atoms with Crippen LogP contribution >= 0.6 is 0 Å². The van der Waals surface area contributed by atoms with Crippen LogP contribution < -0.4 is 5.56 Å². The van der Waals surface area contributed by atoms with Crippen LogP contribution in [-0.4, -0.2) is 27.6 Å². The highest BCUT2D eigenvalue weighted by Crippen LogP contribution is 2.15. The van der Waals surface area contributed by atoms with Crippen molar-refractivity contribution in [3.63, 3.8) is 0 Å². The van der Waals surface area contributed by atoms with Crippen LogP contribution in [0.2, 0.25) is 0 Å². The lowest BCUT2D eigenvalue weighted by Gasteiger charge is -2.17. The fourth-order valence-electron chi connectivity index (χ4n) is 1.94. The molecule has 0 saturated heterocycles. The molecule has 0 aliphatic carbocycles.